The summed E-state index contributed by atoms with van der Waals surface area (Å²) in [7, 11) is 3.76. The molecule has 0 aliphatic heterocycles. The predicted octanol–water partition coefficient (Wildman–Crippen LogP) is 2.08. The zero-order valence-corrected chi connectivity index (χ0v) is 11.6. The topological polar surface area (TPSA) is 73.9 Å². The van der Waals surface area contributed by atoms with Crippen LogP contribution in [-0.4, -0.2) is 35.2 Å². The van der Waals surface area contributed by atoms with Crippen molar-refractivity contribution in [2.24, 2.45) is 0 Å². The van der Waals surface area contributed by atoms with Crippen LogP contribution < -0.4 is 10.2 Å². The monoisotopic (exact) mass is 279 g/mol. The van der Waals surface area contributed by atoms with Crippen molar-refractivity contribution in [2.45, 2.75) is 6.92 Å². The molecule has 2 aromatic rings. The first-order valence-electron chi connectivity index (χ1n) is 5.63. The minimum atomic E-state index is -0.301. The van der Waals surface area contributed by atoms with Crippen LogP contribution in [0.25, 0.3) is 0 Å². The van der Waals surface area contributed by atoms with Crippen LogP contribution in [-0.2, 0) is 0 Å². The van der Waals surface area contributed by atoms with E-state index < -0.39 is 0 Å². The summed E-state index contributed by atoms with van der Waals surface area (Å²) >= 11 is 5.99. The summed E-state index contributed by atoms with van der Waals surface area (Å²) in [4.78, 5) is 18.0. The molecule has 2 rings (SSSR count). The number of aromatic nitrogens is 3. The Morgan fingerprint density at radius 2 is 2.16 bits per heavy atom. The predicted molar refractivity (Wildman–Crippen MR) is 74.9 cm³/mol. The zero-order chi connectivity index (χ0) is 14.0. The lowest BCUT2D eigenvalue weighted by Crippen LogP contribution is -2.15. The van der Waals surface area contributed by atoms with Crippen LogP contribution in [0.2, 0.25) is 5.02 Å². The molecule has 2 N–H and O–H groups in total. The molecule has 0 spiro atoms. The van der Waals surface area contributed by atoms with Gasteiger partial charge in [-0.1, -0.05) is 11.6 Å². The van der Waals surface area contributed by atoms with Crippen LogP contribution >= 0.6 is 11.6 Å². The molecule has 7 heteroatoms. The van der Waals surface area contributed by atoms with Crippen LogP contribution in [0.4, 0.5) is 11.5 Å². The first-order chi connectivity index (χ1) is 8.99. The minimum Gasteiger partial charge on any atom is -0.376 e. The number of carbonyl (C=O) groups is 1. The standard InChI is InChI=1S/C12H14ClN5O/c1-7-10(13)11(17-16-7)15-12(19)8-4-9(18(2)3)6-14-5-8/h4-6H,1-3H3,(H2,15,16,17,19). The molecule has 1 amide bonds. The van der Waals surface area contributed by atoms with Crippen LogP contribution in [0.1, 0.15) is 16.1 Å². The number of hydrogen-bond acceptors (Lipinski definition) is 4. The zero-order valence-electron chi connectivity index (χ0n) is 10.9. The van der Waals surface area contributed by atoms with Gasteiger partial charge in [-0.2, -0.15) is 5.10 Å². The fourth-order valence-electron chi connectivity index (χ4n) is 1.47. The maximum atomic E-state index is 12.1. The van der Waals surface area contributed by atoms with Gasteiger partial charge in [0.05, 0.1) is 23.1 Å². The van der Waals surface area contributed by atoms with Crippen LogP contribution in [0.15, 0.2) is 18.5 Å². The second-order valence-corrected chi connectivity index (χ2v) is 4.67. The molecule has 2 aromatic heterocycles. The lowest BCUT2D eigenvalue weighted by Gasteiger charge is -2.12. The van der Waals surface area contributed by atoms with Crippen molar-refractivity contribution in [3.05, 3.63) is 34.7 Å². The molecule has 0 fully saturated rings. The molecule has 0 aliphatic carbocycles. The summed E-state index contributed by atoms with van der Waals surface area (Å²) in [6, 6.07) is 1.75. The van der Waals surface area contributed by atoms with E-state index >= 15 is 0 Å². The maximum absolute atomic E-state index is 12.1. The average Bonchev–Trinajstić information content (AvgIpc) is 2.71. The number of hydrogen-bond donors (Lipinski definition) is 2. The van der Waals surface area contributed by atoms with Gasteiger partial charge in [-0.25, -0.2) is 0 Å². The van der Waals surface area contributed by atoms with Crippen molar-refractivity contribution in [3.8, 4) is 0 Å². The number of rotatable bonds is 3. The molecule has 0 radical (unpaired) electrons. The van der Waals surface area contributed by atoms with Gasteiger partial charge in [-0.3, -0.25) is 14.9 Å². The molecule has 0 saturated carbocycles. The fraction of sp³-hybridized carbons (Fsp3) is 0.250. The van der Waals surface area contributed by atoms with Crippen molar-refractivity contribution < 1.29 is 4.79 Å². The third kappa shape index (κ3) is 2.85. The van der Waals surface area contributed by atoms with Gasteiger partial charge in [0.1, 0.15) is 5.02 Å². The third-order valence-electron chi connectivity index (χ3n) is 2.61. The lowest BCUT2D eigenvalue weighted by atomic mass is 10.2. The Morgan fingerprint density at radius 3 is 2.74 bits per heavy atom. The Balaban J connectivity index is 2.20. The summed E-state index contributed by atoms with van der Waals surface area (Å²) in [6.07, 6.45) is 3.18. The van der Waals surface area contributed by atoms with Gasteiger partial charge in [0.15, 0.2) is 5.82 Å². The number of aryl methyl sites for hydroxylation is 1. The lowest BCUT2D eigenvalue weighted by molar-refractivity contribution is 0.102. The smallest absolute Gasteiger partial charge is 0.258 e. The molecule has 6 nitrogen and oxygen atoms in total. The average molecular weight is 280 g/mol. The van der Waals surface area contributed by atoms with Crippen LogP contribution in [0.5, 0.6) is 0 Å². The summed E-state index contributed by atoms with van der Waals surface area (Å²) in [6.45, 7) is 1.78. The molecule has 2 heterocycles. The van der Waals surface area contributed by atoms with E-state index in [2.05, 4.69) is 20.5 Å². The quantitative estimate of drug-likeness (QED) is 0.902. The molecule has 0 aromatic carbocycles. The second-order valence-electron chi connectivity index (χ2n) is 4.29. The number of carbonyl (C=O) groups excluding carboxylic acids is 1. The fourth-order valence-corrected chi connectivity index (χ4v) is 1.61. The summed E-state index contributed by atoms with van der Waals surface area (Å²) < 4.78 is 0. The molecular weight excluding hydrogens is 266 g/mol. The number of nitrogens with zero attached hydrogens (tertiary/aromatic N) is 3. The maximum Gasteiger partial charge on any atom is 0.258 e. The highest BCUT2D eigenvalue weighted by Gasteiger charge is 2.13. The number of anilines is 2. The van der Waals surface area contributed by atoms with Crippen molar-refractivity contribution in [1.82, 2.24) is 15.2 Å². The Labute approximate surface area is 115 Å². The Morgan fingerprint density at radius 1 is 1.42 bits per heavy atom. The highest BCUT2D eigenvalue weighted by atomic mass is 35.5. The van der Waals surface area contributed by atoms with E-state index in [0.717, 1.165) is 5.69 Å². The summed E-state index contributed by atoms with van der Waals surface area (Å²) in [5.74, 6) is 0.0176. The molecule has 0 atom stereocenters. The first kappa shape index (κ1) is 13.4. The second kappa shape index (κ2) is 5.27. The third-order valence-corrected chi connectivity index (χ3v) is 3.07. The van der Waals surface area contributed by atoms with Crippen molar-refractivity contribution in [1.29, 1.82) is 0 Å². The molecule has 0 saturated heterocycles. The highest BCUT2D eigenvalue weighted by molar-refractivity contribution is 6.34. The van der Waals surface area contributed by atoms with E-state index in [0.29, 0.717) is 22.1 Å². The van der Waals surface area contributed by atoms with Crippen molar-refractivity contribution >= 4 is 29.0 Å². The largest absolute Gasteiger partial charge is 0.376 e. The van der Waals surface area contributed by atoms with E-state index in [4.69, 9.17) is 11.6 Å². The molecule has 0 unspecified atom stereocenters. The van der Waals surface area contributed by atoms with Gasteiger partial charge in [-0.05, 0) is 13.0 Å². The van der Waals surface area contributed by atoms with Gasteiger partial charge in [-0.15, -0.1) is 0 Å². The molecule has 0 aliphatic rings. The number of aromatic amines is 1. The van der Waals surface area contributed by atoms with Gasteiger partial charge in [0.25, 0.3) is 5.91 Å². The highest BCUT2D eigenvalue weighted by Crippen LogP contribution is 2.22. The van der Waals surface area contributed by atoms with E-state index in [9.17, 15) is 4.79 Å². The number of H-pyrrole nitrogens is 1. The van der Waals surface area contributed by atoms with Crippen LogP contribution in [0, 0.1) is 6.92 Å². The van der Waals surface area contributed by atoms with Crippen LogP contribution in [0.3, 0.4) is 0 Å². The Kier molecular flexibility index (Phi) is 3.71. The SMILES string of the molecule is Cc1[nH]nc(NC(=O)c2cncc(N(C)C)c2)c1Cl. The molecule has 19 heavy (non-hydrogen) atoms. The number of halogens is 1. The first-order valence-corrected chi connectivity index (χ1v) is 6.01. The van der Waals surface area contributed by atoms with Gasteiger partial charge >= 0.3 is 0 Å². The normalized spacial score (nSPS) is 10.3. The minimum absolute atomic E-state index is 0.301. The van der Waals surface area contributed by atoms with E-state index in [-0.39, 0.29) is 5.91 Å². The van der Waals surface area contributed by atoms with E-state index in [1.165, 1.54) is 6.20 Å². The van der Waals surface area contributed by atoms with Crippen molar-refractivity contribution in [2.75, 3.05) is 24.3 Å². The molecule has 100 valence electrons. The van der Waals surface area contributed by atoms with Crippen molar-refractivity contribution in [3.63, 3.8) is 0 Å². The van der Waals surface area contributed by atoms with E-state index in [1.54, 1.807) is 19.2 Å². The van der Waals surface area contributed by atoms with E-state index in [1.807, 2.05) is 19.0 Å². The molecular formula is C12H14ClN5O. The van der Waals surface area contributed by atoms with Gasteiger partial charge in [0.2, 0.25) is 0 Å². The number of amides is 1. The Hall–Kier alpha value is -2.08. The number of pyridine rings is 1. The summed E-state index contributed by atoms with van der Waals surface area (Å²) in [5, 5.41) is 9.67. The van der Waals surface area contributed by atoms with Gasteiger partial charge in [0, 0.05) is 20.3 Å². The number of nitrogens with one attached hydrogen (secondary N) is 2. The molecule has 0 bridgehead atoms. The van der Waals surface area contributed by atoms with Gasteiger partial charge < -0.3 is 10.2 Å². The summed E-state index contributed by atoms with van der Waals surface area (Å²) in [5.41, 5.74) is 2.00. The Bertz CT molecular complexity index is 608.